The molecular formula is C24H24FN2O4S. The lowest BCUT2D eigenvalue weighted by Crippen LogP contribution is -2.43. The molecule has 1 aliphatic heterocycles. The number of nitrogens with zero attached hydrogens (tertiary/aromatic N) is 2. The van der Waals surface area contributed by atoms with Gasteiger partial charge in [0.1, 0.15) is 11.1 Å². The largest absolute Gasteiger partial charge is 0.454 e. The highest BCUT2D eigenvalue weighted by Crippen LogP contribution is 2.35. The Hall–Kier alpha value is -3.26. The minimum atomic E-state index is -3.51. The molecule has 0 N–H and O–H groups in total. The molecule has 0 atom stereocenters. The quantitative estimate of drug-likeness (QED) is 0.572. The van der Waals surface area contributed by atoms with Crippen LogP contribution in [0, 0.1) is 12.4 Å². The van der Waals surface area contributed by atoms with Gasteiger partial charge in [0.15, 0.2) is 21.4 Å². The van der Waals surface area contributed by atoms with Gasteiger partial charge < -0.3 is 9.30 Å². The molecule has 1 radical (unpaired) electrons. The van der Waals surface area contributed by atoms with E-state index in [2.05, 4.69) is 4.99 Å². The first-order chi connectivity index (χ1) is 15.3. The molecule has 0 fully saturated rings. The normalized spacial score (nSPS) is 12.8. The molecule has 2 aromatic carbocycles. The minimum Gasteiger partial charge on any atom is -0.454 e. The van der Waals surface area contributed by atoms with Crippen LogP contribution in [0.5, 0.6) is 11.5 Å². The molecule has 0 spiro atoms. The first-order valence-corrected chi connectivity index (χ1v) is 11.9. The number of rotatable bonds is 6. The molecule has 6 nitrogen and oxygen atoms in total. The van der Waals surface area contributed by atoms with Crippen LogP contribution < -0.4 is 20.9 Å². The molecule has 167 valence electrons. The van der Waals surface area contributed by atoms with Crippen LogP contribution >= 0.6 is 0 Å². The Balaban J connectivity index is 0.00000306. The van der Waals surface area contributed by atoms with Crippen molar-refractivity contribution in [2.45, 2.75) is 25.2 Å². The van der Waals surface area contributed by atoms with E-state index in [-0.39, 0.29) is 34.5 Å². The summed E-state index contributed by atoms with van der Waals surface area (Å²) < 4.78 is 47.3. The number of benzene rings is 2. The third-order valence-corrected chi connectivity index (χ3v) is 7.19. The van der Waals surface area contributed by atoms with Crippen LogP contribution in [0.3, 0.4) is 0 Å². The summed E-state index contributed by atoms with van der Waals surface area (Å²) >= 11 is 0. The van der Waals surface area contributed by atoms with E-state index in [0.29, 0.717) is 28.3 Å². The van der Waals surface area contributed by atoms with E-state index in [9.17, 15) is 17.6 Å². The highest BCUT2D eigenvalue weighted by Gasteiger charge is 2.20. The second-order valence-corrected chi connectivity index (χ2v) is 9.69. The fraction of sp³-hybridized carbons (Fsp3) is 0.208. The molecule has 3 aromatic rings. The first-order valence-electron chi connectivity index (χ1n) is 10.2. The van der Waals surface area contributed by atoms with Gasteiger partial charge in [-0.15, -0.1) is 0 Å². The number of hydrogen-bond acceptors (Lipinski definition) is 5. The van der Waals surface area contributed by atoms with E-state index >= 15 is 0 Å². The monoisotopic (exact) mass is 455 g/mol. The molecular weight excluding hydrogens is 431 g/mol. The molecule has 0 amide bonds. The lowest BCUT2D eigenvalue weighted by molar-refractivity contribution is 0.440. The Bertz CT molecular complexity index is 1510. The summed E-state index contributed by atoms with van der Waals surface area (Å²) in [5, 5.41) is 0.825. The Morgan fingerprint density at radius 1 is 1.12 bits per heavy atom. The van der Waals surface area contributed by atoms with Crippen molar-refractivity contribution in [1.82, 2.24) is 4.57 Å². The third kappa shape index (κ3) is 3.75. The zero-order valence-corrected chi connectivity index (χ0v) is 18.7. The summed E-state index contributed by atoms with van der Waals surface area (Å²) in [7, 11) is -1.91. The second kappa shape index (κ2) is 8.35. The van der Waals surface area contributed by atoms with Gasteiger partial charge in [-0.05, 0) is 42.3 Å². The maximum Gasteiger partial charge on any atom is 0.276 e. The van der Waals surface area contributed by atoms with Crippen molar-refractivity contribution in [2.24, 2.45) is 12.0 Å². The van der Waals surface area contributed by atoms with Crippen molar-refractivity contribution in [2.75, 3.05) is 5.75 Å². The van der Waals surface area contributed by atoms with E-state index in [1.807, 2.05) is 6.92 Å². The molecule has 1 aliphatic rings. The summed E-state index contributed by atoms with van der Waals surface area (Å²) in [6.07, 6.45) is 3.80. The van der Waals surface area contributed by atoms with Crippen LogP contribution in [-0.2, 0) is 23.3 Å². The van der Waals surface area contributed by atoms with Crippen LogP contribution in [-0.4, -0.2) is 18.7 Å². The number of hydrogen-bond donors (Lipinski definition) is 0. The van der Waals surface area contributed by atoms with Crippen molar-refractivity contribution in [3.8, 4) is 22.6 Å². The summed E-state index contributed by atoms with van der Waals surface area (Å²) in [6.45, 7) is 4.94. The number of aryl methyl sites for hydroxylation is 2. The standard InChI is InChI=1S/C24H22FN2O4S.H2/c1-4-15-7-6-8-21(22(15)25)31-20-10-9-16(32(29,30)5-2)13-18(20)19-14-27(3)24(28)23-17(19)11-12-26-23;/h6-14H,4-5H2,1-3H3;1H. The lowest BCUT2D eigenvalue weighted by Gasteiger charge is -2.15. The van der Waals surface area contributed by atoms with Gasteiger partial charge in [-0.1, -0.05) is 26.0 Å². The zero-order valence-electron chi connectivity index (χ0n) is 17.9. The van der Waals surface area contributed by atoms with Gasteiger partial charge >= 0.3 is 0 Å². The number of aromatic nitrogens is 1. The predicted octanol–water partition coefficient (Wildman–Crippen LogP) is 3.16. The molecule has 1 aromatic heterocycles. The van der Waals surface area contributed by atoms with E-state index in [1.165, 1.54) is 35.4 Å². The fourth-order valence-corrected chi connectivity index (χ4v) is 4.53. The number of sulfone groups is 1. The molecule has 32 heavy (non-hydrogen) atoms. The Morgan fingerprint density at radius 2 is 1.91 bits per heavy atom. The Kier molecular flexibility index (Phi) is 5.73. The molecule has 0 unspecified atom stereocenters. The van der Waals surface area contributed by atoms with Crippen molar-refractivity contribution in [3.05, 3.63) is 81.5 Å². The van der Waals surface area contributed by atoms with Gasteiger partial charge in [-0.2, -0.15) is 0 Å². The van der Waals surface area contributed by atoms with Crippen LogP contribution in [0.1, 0.15) is 20.8 Å². The highest BCUT2D eigenvalue weighted by molar-refractivity contribution is 7.91. The summed E-state index contributed by atoms with van der Waals surface area (Å²) in [4.78, 5) is 16.7. The average molecular weight is 456 g/mol. The predicted molar refractivity (Wildman–Crippen MR) is 122 cm³/mol. The lowest BCUT2D eigenvalue weighted by atomic mass is 10.0. The van der Waals surface area contributed by atoms with Crippen LogP contribution in [0.25, 0.3) is 17.2 Å². The van der Waals surface area contributed by atoms with Crippen LogP contribution in [0.15, 0.2) is 57.3 Å². The van der Waals surface area contributed by atoms with Crippen molar-refractivity contribution < 1.29 is 19.0 Å². The van der Waals surface area contributed by atoms with Gasteiger partial charge in [0.2, 0.25) is 0 Å². The molecule has 4 rings (SSSR count). The van der Waals surface area contributed by atoms with Gasteiger partial charge in [-0.25, -0.2) is 12.8 Å². The van der Waals surface area contributed by atoms with Gasteiger partial charge in [0.25, 0.3) is 5.56 Å². The molecule has 8 heteroatoms. The van der Waals surface area contributed by atoms with Crippen molar-refractivity contribution >= 4 is 15.9 Å². The van der Waals surface area contributed by atoms with Gasteiger partial charge in [0, 0.05) is 31.0 Å². The maximum atomic E-state index is 14.9. The third-order valence-electron chi connectivity index (χ3n) is 5.46. The van der Waals surface area contributed by atoms with Crippen LogP contribution in [0.2, 0.25) is 0 Å². The van der Waals surface area contributed by atoms with Crippen LogP contribution in [0.4, 0.5) is 4.39 Å². The maximum absolute atomic E-state index is 14.9. The second-order valence-electron chi connectivity index (χ2n) is 7.41. The highest BCUT2D eigenvalue weighted by atomic mass is 32.2. The molecule has 0 aliphatic carbocycles. The minimum absolute atomic E-state index is 0. The fourth-order valence-electron chi connectivity index (χ4n) is 3.62. The summed E-state index contributed by atoms with van der Waals surface area (Å²) in [5.74, 6) is -0.223. The Morgan fingerprint density at radius 3 is 2.62 bits per heavy atom. The van der Waals surface area contributed by atoms with Gasteiger partial charge in [-0.3, -0.25) is 9.79 Å². The van der Waals surface area contributed by atoms with Crippen molar-refractivity contribution in [3.63, 3.8) is 0 Å². The summed E-state index contributed by atoms with van der Waals surface area (Å²) in [6, 6.07) is 9.38. The van der Waals surface area contributed by atoms with Gasteiger partial charge in [0.05, 0.1) is 17.2 Å². The summed E-state index contributed by atoms with van der Waals surface area (Å²) in [5.41, 5.74) is 1.23. The number of fused-ring (bicyclic) bond motifs is 1. The molecule has 2 heterocycles. The average Bonchev–Trinajstić information content (AvgIpc) is 3.28. The van der Waals surface area contributed by atoms with E-state index in [4.69, 9.17) is 4.74 Å². The molecule has 0 saturated carbocycles. The SMILES string of the molecule is CCc1cccc(Oc2ccc(S(=O)(=O)CC)cc2-c2cn(C)c(=O)c3c2=C[CH]N=3)c1F.[HH]. The zero-order chi connectivity index (χ0) is 23.0. The molecule has 0 bridgehead atoms. The van der Waals surface area contributed by atoms with Crippen molar-refractivity contribution in [1.29, 1.82) is 0 Å². The number of halogens is 1. The first kappa shape index (κ1) is 22.0. The van der Waals surface area contributed by atoms with E-state index < -0.39 is 15.7 Å². The smallest absolute Gasteiger partial charge is 0.276 e. The number of pyridine rings is 1. The molecule has 0 saturated heterocycles. The van der Waals surface area contributed by atoms with E-state index in [0.717, 1.165) is 0 Å². The topological polar surface area (TPSA) is 77.7 Å². The van der Waals surface area contributed by atoms with E-state index in [1.54, 1.807) is 38.4 Å². The number of ether oxygens (including phenoxy) is 1. The Labute approximate surface area is 186 Å².